The summed E-state index contributed by atoms with van der Waals surface area (Å²) in [5, 5.41) is 4.23. The molecule has 2 fully saturated rings. The molecule has 6 rings (SSSR count). The summed E-state index contributed by atoms with van der Waals surface area (Å²) >= 11 is 5.90. The number of pyridine rings is 1. The summed E-state index contributed by atoms with van der Waals surface area (Å²) in [6, 6.07) is 28.1. The number of rotatable bonds is 7. The molecule has 4 aromatic rings. The van der Waals surface area contributed by atoms with Crippen molar-refractivity contribution in [1.29, 1.82) is 0 Å². The minimum atomic E-state index is -0.0860. The molecule has 4 heterocycles. The quantitative estimate of drug-likeness (QED) is 0.315. The van der Waals surface area contributed by atoms with E-state index in [1.54, 1.807) is 0 Å². The van der Waals surface area contributed by atoms with E-state index in [0.717, 1.165) is 48.9 Å². The molecule has 0 unspecified atom stereocenters. The van der Waals surface area contributed by atoms with Gasteiger partial charge in [-0.25, -0.2) is 0 Å². The molecule has 3 atom stereocenters. The molecule has 1 N–H and O–H groups in total. The van der Waals surface area contributed by atoms with Gasteiger partial charge < -0.3 is 24.3 Å². The lowest BCUT2D eigenvalue weighted by molar-refractivity contribution is 0.0961. The van der Waals surface area contributed by atoms with E-state index in [4.69, 9.17) is 21.7 Å². The molecule has 36 heavy (non-hydrogen) atoms. The summed E-state index contributed by atoms with van der Waals surface area (Å²) in [5.41, 5.74) is 3.14. The fraction of sp³-hybridized carbons (Fsp3) is 0.241. The Morgan fingerprint density at radius 3 is 2.50 bits per heavy atom. The maximum Gasteiger partial charge on any atom is 0.174 e. The van der Waals surface area contributed by atoms with Gasteiger partial charge in [-0.15, -0.1) is 0 Å². The molecule has 0 spiro atoms. The van der Waals surface area contributed by atoms with Crippen LogP contribution in [0.25, 0.3) is 0 Å². The summed E-state index contributed by atoms with van der Waals surface area (Å²) in [7, 11) is 0. The largest absolute Gasteiger partial charge is 0.457 e. The third kappa shape index (κ3) is 4.59. The van der Waals surface area contributed by atoms with Gasteiger partial charge in [-0.1, -0.05) is 24.3 Å². The Morgan fingerprint density at radius 2 is 1.75 bits per heavy atom. The number of hydrogen-bond donors (Lipinski definition) is 1. The number of nitrogens with zero attached hydrogens (tertiary/aromatic N) is 3. The first-order valence-electron chi connectivity index (χ1n) is 12.4. The van der Waals surface area contributed by atoms with Gasteiger partial charge in [0.15, 0.2) is 5.11 Å². The highest BCUT2D eigenvalue weighted by atomic mass is 32.1. The van der Waals surface area contributed by atoms with E-state index in [-0.39, 0.29) is 18.2 Å². The van der Waals surface area contributed by atoms with Crippen LogP contribution in [0.1, 0.15) is 36.3 Å². The summed E-state index contributed by atoms with van der Waals surface area (Å²) in [6.45, 7) is 1.68. The summed E-state index contributed by atoms with van der Waals surface area (Å²) < 4.78 is 14.3. The van der Waals surface area contributed by atoms with Crippen molar-refractivity contribution in [3.63, 3.8) is 0 Å². The zero-order valence-electron chi connectivity index (χ0n) is 19.9. The van der Waals surface area contributed by atoms with Gasteiger partial charge in [0.1, 0.15) is 17.5 Å². The lowest BCUT2D eigenvalue weighted by Crippen LogP contribution is -2.31. The minimum Gasteiger partial charge on any atom is -0.457 e. The van der Waals surface area contributed by atoms with Crippen molar-refractivity contribution < 1.29 is 9.47 Å². The highest BCUT2D eigenvalue weighted by molar-refractivity contribution is 7.80. The topological polar surface area (TPSA) is 51.5 Å². The molecule has 2 aliphatic heterocycles. The van der Waals surface area contributed by atoms with Crippen LogP contribution < -0.4 is 15.0 Å². The zero-order valence-corrected chi connectivity index (χ0v) is 20.7. The maximum absolute atomic E-state index is 6.01. The third-order valence-corrected chi connectivity index (χ3v) is 7.10. The number of thiocarbonyl (C=S) groups is 1. The second-order valence-corrected chi connectivity index (χ2v) is 9.51. The Morgan fingerprint density at radius 1 is 0.944 bits per heavy atom. The minimum absolute atomic E-state index is 0.0651. The van der Waals surface area contributed by atoms with Gasteiger partial charge in [-0.05, 0) is 85.7 Å². The molecular weight excluding hydrogens is 468 g/mol. The van der Waals surface area contributed by atoms with Crippen LogP contribution in [-0.2, 0) is 11.3 Å². The molecule has 182 valence electrons. The van der Waals surface area contributed by atoms with Gasteiger partial charge in [-0.3, -0.25) is 4.98 Å². The molecule has 0 saturated carbocycles. The van der Waals surface area contributed by atoms with E-state index < -0.39 is 0 Å². The smallest absolute Gasteiger partial charge is 0.174 e. The van der Waals surface area contributed by atoms with Gasteiger partial charge in [0.05, 0.1) is 17.8 Å². The maximum atomic E-state index is 6.01. The van der Waals surface area contributed by atoms with Crippen LogP contribution in [0.3, 0.4) is 0 Å². The number of para-hydroxylation sites is 1. The van der Waals surface area contributed by atoms with Crippen LogP contribution in [-0.4, -0.2) is 27.4 Å². The zero-order chi connectivity index (χ0) is 24.3. The Bertz CT molecular complexity index is 1300. The Labute approximate surface area is 216 Å². The lowest BCUT2D eigenvalue weighted by atomic mass is 10.0. The number of anilines is 1. The van der Waals surface area contributed by atoms with Crippen LogP contribution in [0.4, 0.5) is 5.69 Å². The van der Waals surface area contributed by atoms with Crippen LogP contribution in [0.15, 0.2) is 97.3 Å². The van der Waals surface area contributed by atoms with E-state index >= 15 is 0 Å². The van der Waals surface area contributed by atoms with E-state index in [0.29, 0.717) is 5.11 Å². The predicted octanol–water partition coefficient (Wildman–Crippen LogP) is 6.03. The SMILES string of the molecule is S=C1N[C@H](c2ccccn2)[C@H](c2cccn2C[C@H]2CCCO2)N1c1ccc(Oc2ccccc2)cc1. The van der Waals surface area contributed by atoms with Crippen LogP contribution in [0.2, 0.25) is 0 Å². The van der Waals surface area contributed by atoms with Crippen molar-refractivity contribution in [1.82, 2.24) is 14.9 Å². The summed E-state index contributed by atoms with van der Waals surface area (Å²) in [5.74, 6) is 1.59. The molecule has 0 aliphatic carbocycles. The number of nitrogens with one attached hydrogen (secondary N) is 1. The van der Waals surface area contributed by atoms with Crippen LogP contribution in [0, 0.1) is 0 Å². The van der Waals surface area contributed by atoms with Gasteiger partial charge >= 0.3 is 0 Å². The molecule has 0 amide bonds. The highest BCUT2D eigenvalue weighted by Gasteiger charge is 2.42. The first kappa shape index (κ1) is 22.8. The normalized spacial score (nSPS) is 21.5. The molecule has 0 radical (unpaired) electrons. The summed E-state index contributed by atoms with van der Waals surface area (Å²) in [6.07, 6.45) is 6.43. The van der Waals surface area contributed by atoms with Crippen LogP contribution >= 0.6 is 12.2 Å². The molecule has 2 aliphatic rings. The fourth-order valence-electron chi connectivity index (χ4n) is 5.10. The van der Waals surface area contributed by atoms with Gasteiger partial charge in [0.2, 0.25) is 0 Å². The number of ether oxygens (including phenoxy) is 2. The van der Waals surface area contributed by atoms with Gasteiger partial charge in [0, 0.05) is 36.9 Å². The van der Waals surface area contributed by atoms with Crippen molar-refractivity contribution in [2.75, 3.05) is 11.5 Å². The summed E-state index contributed by atoms with van der Waals surface area (Å²) in [4.78, 5) is 6.87. The highest BCUT2D eigenvalue weighted by Crippen LogP contribution is 2.42. The predicted molar refractivity (Wildman–Crippen MR) is 144 cm³/mol. The first-order chi connectivity index (χ1) is 17.8. The Hall–Kier alpha value is -3.68. The molecule has 2 aromatic heterocycles. The average molecular weight is 497 g/mol. The second kappa shape index (κ2) is 10.1. The van der Waals surface area contributed by atoms with E-state index in [1.807, 2.05) is 60.8 Å². The first-order valence-corrected chi connectivity index (χ1v) is 12.8. The van der Waals surface area contributed by atoms with Gasteiger partial charge in [-0.2, -0.15) is 0 Å². The van der Waals surface area contributed by atoms with Crippen molar-refractivity contribution in [3.8, 4) is 11.5 Å². The van der Waals surface area contributed by atoms with E-state index in [2.05, 4.69) is 56.3 Å². The Balaban J connectivity index is 1.34. The average Bonchev–Trinajstić information content (AvgIpc) is 3.67. The molecule has 2 saturated heterocycles. The molecule has 7 heteroatoms. The van der Waals surface area contributed by atoms with Gasteiger partial charge in [0.25, 0.3) is 0 Å². The van der Waals surface area contributed by atoms with E-state index in [9.17, 15) is 0 Å². The lowest BCUT2D eigenvalue weighted by Gasteiger charge is -2.29. The molecule has 6 nitrogen and oxygen atoms in total. The number of hydrogen-bond acceptors (Lipinski definition) is 4. The second-order valence-electron chi connectivity index (χ2n) is 9.13. The fourth-order valence-corrected chi connectivity index (χ4v) is 5.45. The van der Waals surface area contributed by atoms with Crippen molar-refractivity contribution in [2.45, 2.75) is 37.6 Å². The number of aromatic nitrogens is 2. The standard InChI is InChI=1S/C29H28N4O2S/c36-29-31-27(25-11-4-5-17-30-25)28(26-12-6-18-32(26)20-24-10-7-19-34-24)33(29)21-13-15-23(16-14-21)35-22-8-2-1-3-9-22/h1-6,8-9,11-18,24,27-28H,7,10,19-20H2,(H,31,36)/t24-,27-,28+/m1/s1. The molecule has 0 bridgehead atoms. The van der Waals surface area contributed by atoms with Crippen molar-refractivity contribution >= 4 is 23.0 Å². The van der Waals surface area contributed by atoms with Crippen LogP contribution in [0.5, 0.6) is 11.5 Å². The monoisotopic (exact) mass is 496 g/mol. The molecule has 2 aromatic carbocycles. The molecular formula is C29H28N4O2S. The Kier molecular flexibility index (Phi) is 6.40. The van der Waals surface area contributed by atoms with Crippen molar-refractivity contribution in [2.24, 2.45) is 0 Å². The van der Waals surface area contributed by atoms with Crippen molar-refractivity contribution in [3.05, 3.63) is 109 Å². The van der Waals surface area contributed by atoms with E-state index in [1.165, 1.54) is 5.69 Å². The number of benzene rings is 2. The third-order valence-electron chi connectivity index (χ3n) is 6.78.